The summed E-state index contributed by atoms with van der Waals surface area (Å²) >= 11 is 0. The molecular formula is C29H31N7O8S. The number of morpholine rings is 1. The van der Waals surface area contributed by atoms with Gasteiger partial charge in [0.15, 0.2) is 0 Å². The summed E-state index contributed by atoms with van der Waals surface area (Å²) in [5.74, 6) is -0.635. The first-order valence-corrected chi connectivity index (χ1v) is 15.3. The van der Waals surface area contributed by atoms with Gasteiger partial charge in [0.1, 0.15) is 22.8 Å². The zero-order chi connectivity index (χ0) is 32.1. The zero-order valence-corrected chi connectivity index (χ0v) is 25.2. The van der Waals surface area contributed by atoms with Crippen LogP contribution in [0.25, 0.3) is 11.0 Å². The lowest BCUT2D eigenvalue weighted by Crippen LogP contribution is -2.50. The first-order valence-electron chi connectivity index (χ1n) is 13.8. The molecule has 0 bridgehead atoms. The topological polar surface area (TPSA) is 189 Å². The average Bonchev–Trinajstić information content (AvgIpc) is 3.48. The van der Waals surface area contributed by atoms with Crippen molar-refractivity contribution in [2.24, 2.45) is 0 Å². The molecule has 1 aliphatic rings. The van der Waals surface area contributed by atoms with Crippen molar-refractivity contribution >= 4 is 44.2 Å². The molecule has 0 saturated carbocycles. The molecule has 2 amide bonds. The van der Waals surface area contributed by atoms with Crippen molar-refractivity contribution in [3.8, 4) is 11.5 Å². The van der Waals surface area contributed by atoms with Gasteiger partial charge in [0, 0.05) is 37.3 Å². The number of carbonyl (C=O) groups is 2. The summed E-state index contributed by atoms with van der Waals surface area (Å²) in [4.78, 5) is 46.9. The molecule has 0 spiro atoms. The number of carbonyl (C=O) groups excluding carboxylic acids is 2. The normalized spacial score (nSPS) is 15.2. The van der Waals surface area contributed by atoms with E-state index in [1.165, 1.54) is 24.4 Å². The van der Waals surface area contributed by atoms with Crippen molar-refractivity contribution in [1.82, 2.24) is 24.5 Å². The Morgan fingerprint density at radius 1 is 1.20 bits per heavy atom. The number of fused-ring (bicyclic) bond motifs is 1. The van der Waals surface area contributed by atoms with Crippen molar-refractivity contribution in [3.05, 3.63) is 82.7 Å². The highest BCUT2D eigenvalue weighted by molar-refractivity contribution is 7.90. The Bertz CT molecular complexity index is 1840. The van der Waals surface area contributed by atoms with Crippen LogP contribution in [0, 0.1) is 10.1 Å². The summed E-state index contributed by atoms with van der Waals surface area (Å²) in [7, 11) is -0.940. The number of aromatic amines is 1. The number of benzene rings is 2. The summed E-state index contributed by atoms with van der Waals surface area (Å²) < 4.78 is 39.9. The number of hydrogen-bond donors (Lipinski definition) is 3. The molecule has 0 radical (unpaired) electrons. The molecule has 1 aliphatic heterocycles. The van der Waals surface area contributed by atoms with Crippen molar-refractivity contribution in [2.45, 2.75) is 11.0 Å². The highest BCUT2D eigenvalue weighted by atomic mass is 32.2. The highest BCUT2D eigenvalue weighted by Crippen LogP contribution is 2.30. The number of hydrogen-bond acceptors (Lipinski definition) is 11. The number of likely N-dealkylation sites (N-methyl/N-ethyl adjacent to an activating group) is 1. The number of rotatable bonds is 11. The van der Waals surface area contributed by atoms with Gasteiger partial charge in [-0.25, -0.2) is 18.1 Å². The minimum absolute atomic E-state index is 0.0531. The second kappa shape index (κ2) is 13.3. The number of para-hydroxylation sites is 1. The Labute approximate surface area is 258 Å². The van der Waals surface area contributed by atoms with Crippen LogP contribution < -0.4 is 14.8 Å². The fraction of sp³-hybridized carbons (Fsp3) is 0.276. The molecule has 15 nitrogen and oxygen atoms in total. The third kappa shape index (κ3) is 7.54. The summed E-state index contributed by atoms with van der Waals surface area (Å²) in [6.45, 7) is 1.45. The summed E-state index contributed by atoms with van der Waals surface area (Å²) in [5.41, 5.74) is 0.111. The third-order valence-corrected chi connectivity index (χ3v) is 8.23. The van der Waals surface area contributed by atoms with Crippen molar-refractivity contribution < 1.29 is 32.4 Å². The van der Waals surface area contributed by atoms with Gasteiger partial charge < -0.3 is 29.6 Å². The molecule has 5 rings (SSSR count). The molecule has 2 aromatic heterocycles. The van der Waals surface area contributed by atoms with Crippen LogP contribution in [0.4, 0.5) is 11.4 Å². The lowest BCUT2D eigenvalue weighted by molar-refractivity contribution is -0.384. The predicted octanol–water partition coefficient (Wildman–Crippen LogP) is 2.58. The van der Waals surface area contributed by atoms with E-state index >= 15 is 0 Å². The Hall–Kier alpha value is -5.06. The smallest absolute Gasteiger partial charge is 0.293 e. The van der Waals surface area contributed by atoms with E-state index in [4.69, 9.17) is 9.47 Å². The Morgan fingerprint density at radius 2 is 2.00 bits per heavy atom. The molecule has 3 N–H and O–H groups in total. The van der Waals surface area contributed by atoms with Crippen LogP contribution >= 0.6 is 0 Å². The van der Waals surface area contributed by atoms with Gasteiger partial charge in [-0.1, -0.05) is 12.1 Å². The first kappa shape index (κ1) is 31.4. The van der Waals surface area contributed by atoms with E-state index in [1.807, 2.05) is 4.72 Å². The summed E-state index contributed by atoms with van der Waals surface area (Å²) in [6.07, 6.45) is 2.74. The monoisotopic (exact) mass is 637 g/mol. The standard InChI is InChI=1S/C29H31N7O8S/c1-34(2)18-27(37)35-11-12-43-21(17-35)16-31-24-8-7-22(14-25(24)36(39)40)45(41,42)33-29(38)23-5-3-4-6-26(23)44-20-13-19-9-10-30-28(19)32-15-20/h3-10,13-15,21,31H,11-12,16-18H2,1-2H3,(H,30,32)(H,33,38)/t21-/m1/s1. The fourth-order valence-corrected chi connectivity index (χ4v) is 5.71. The fourth-order valence-electron chi connectivity index (χ4n) is 4.72. The molecule has 3 heterocycles. The molecule has 0 aliphatic carbocycles. The van der Waals surface area contributed by atoms with E-state index in [0.717, 1.165) is 17.5 Å². The second-order valence-corrected chi connectivity index (χ2v) is 12.2. The molecule has 2 aromatic carbocycles. The van der Waals surface area contributed by atoms with Gasteiger partial charge >= 0.3 is 0 Å². The van der Waals surface area contributed by atoms with Gasteiger partial charge in [-0.15, -0.1) is 0 Å². The minimum atomic E-state index is -4.53. The maximum Gasteiger partial charge on any atom is 0.293 e. The van der Waals surface area contributed by atoms with Crippen molar-refractivity contribution in [3.63, 3.8) is 0 Å². The molecule has 1 fully saturated rings. The van der Waals surface area contributed by atoms with Crippen LogP contribution in [0.1, 0.15) is 10.4 Å². The van der Waals surface area contributed by atoms with Crippen LogP contribution in [0.2, 0.25) is 0 Å². The summed E-state index contributed by atoms with van der Waals surface area (Å²) in [5, 5.41) is 15.6. The van der Waals surface area contributed by atoms with Crippen LogP contribution in [-0.2, 0) is 19.6 Å². The van der Waals surface area contributed by atoms with Gasteiger partial charge in [-0.2, -0.15) is 0 Å². The number of amides is 2. The molecule has 0 unspecified atom stereocenters. The molecule has 236 valence electrons. The van der Waals surface area contributed by atoms with Crippen molar-refractivity contribution in [2.75, 3.05) is 52.2 Å². The lowest BCUT2D eigenvalue weighted by Gasteiger charge is -2.33. The number of H-pyrrole nitrogens is 1. The number of aromatic nitrogens is 2. The second-order valence-electron chi connectivity index (χ2n) is 10.5. The van der Waals surface area contributed by atoms with Gasteiger partial charge in [-0.05, 0) is 50.5 Å². The van der Waals surface area contributed by atoms with Gasteiger partial charge in [0.25, 0.3) is 21.6 Å². The zero-order valence-electron chi connectivity index (χ0n) is 24.4. The number of nitrogens with zero attached hydrogens (tertiary/aromatic N) is 4. The predicted molar refractivity (Wildman–Crippen MR) is 164 cm³/mol. The third-order valence-electron chi connectivity index (χ3n) is 6.90. The molecule has 4 aromatic rings. The van der Waals surface area contributed by atoms with Gasteiger partial charge in [0.05, 0.1) is 40.8 Å². The highest BCUT2D eigenvalue weighted by Gasteiger charge is 2.27. The Kier molecular flexibility index (Phi) is 9.26. The minimum Gasteiger partial charge on any atom is -0.455 e. The SMILES string of the molecule is CN(C)CC(=O)N1CCO[C@H](CNc2ccc(S(=O)(=O)NC(=O)c3ccccc3Oc3cnc4[nH]ccc4c3)cc2[N+](=O)[O-])C1. The van der Waals surface area contributed by atoms with E-state index < -0.39 is 37.5 Å². The maximum atomic E-state index is 13.2. The largest absolute Gasteiger partial charge is 0.455 e. The average molecular weight is 638 g/mol. The Balaban J connectivity index is 1.28. The molecule has 16 heteroatoms. The Morgan fingerprint density at radius 3 is 2.78 bits per heavy atom. The summed E-state index contributed by atoms with van der Waals surface area (Å²) in [6, 6.07) is 12.8. The molecule has 1 atom stereocenters. The number of nitro benzene ring substituents is 1. The van der Waals surface area contributed by atoms with Crippen LogP contribution in [-0.4, -0.2) is 97.9 Å². The van der Waals surface area contributed by atoms with Crippen molar-refractivity contribution in [1.29, 1.82) is 0 Å². The number of nitro groups is 1. The van der Waals surface area contributed by atoms with Crippen LogP contribution in [0.3, 0.4) is 0 Å². The van der Waals surface area contributed by atoms with E-state index in [2.05, 4.69) is 15.3 Å². The van der Waals surface area contributed by atoms with Gasteiger partial charge in [0.2, 0.25) is 5.91 Å². The van der Waals surface area contributed by atoms with E-state index in [9.17, 15) is 28.1 Å². The van der Waals surface area contributed by atoms with E-state index in [1.54, 1.807) is 54.4 Å². The molecule has 1 saturated heterocycles. The molecular weight excluding hydrogens is 606 g/mol. The van der Waals surface area contributed by atoms with Crippen LogP contribution in [0.15, 0.2) is 71.9 Å². The van der Waals surface area contributed by atoms with Crippen LogP contribution in [0.5, 0.6) is 11.5 Å². The first-order chi connectivity index (χ1) is 21.5. The van der Waals surface area contributed by atoms with Gasteiger partial charge in [-0.3, -0.25) is 19.7 Å². The number of ether oxygens (including phenoxy) is 2. The van der Waals surface area contributed by atoms with E-state index in [-0.39, 0.29) is 36.0 Å². The maximum absolute atomic E-state index is 13.2. The van der Waals surface area contributed by atoms with E-state index in [0.29, 0.717) is 31.1 Å². The lowest BCUT2D eigenvalue weighted by atomic mass is 10.2. The quantitative estimate of drug-likeness (QED) is 0.162. The number of anilines is 1. The number of nitrogens with one attached hydrogen (secondary N) is 3. The number of sulfonamides is 1. The number of pyridine rings is 1. The molecule has 45 heavy (non-hydrogen) atoms.